The molecule has 4 heteroatoms. The van der Waals surface area contributed by atoms with Gasteiger partial charge in [0.2, 0.25) is 0 Å². The van der Waals surface area contributed by atoms with Crippen molar-refractivity contribution in [3.8, 4) is 0 Å². The molecule has 1 saturated carbocycles. The van der Waals surface area contributed by atoms with Crippen LogP contribution in [-0.4, -0.2) is 22.2 Å². The molecule has 0 spiro atoms. The Kier molecular flexibility index (Phi) is 10.6. The molecule has 0 amide bonds. The molecule has 3 rings (SSSR count). The zero-order valence-corrected chi connectivity index (χ0v) is 16.9. The number of hydrogen-bond acceptors (Lipinski definition) is 2. The van der Waals surface area contributed by atoms with E-state index in [9.17, 15) is 0 Å². The molecule has 0 aliphatic heterocycles. The van der Waals surface area contributed by atoms with Gasteiger partial charge in [0, 0.05) is 13.8 Å². The quantitative estimate of drug-likeness (QED) is 0.719. The molecular formula is C24H32O4. The van der Waals surface area contributed by atoms with Crippen molar-refractivity contribution in [2.24, 2.45) is 5.41 Å². The van der Waals surface area contributed by atoms with Crippen LogP contribution in [0.3, 0.4) is 0 Å². The van der Waals surface area contributed by atoms with Crippen LogP contribution in [0, 0.1) is 5.41 Å². The molecule has 28 heavy (non-hydrogen) atoms. The highest BCUT2D eigenvalue weighted by Gasteiger charge is 2.32. The van der Waals surface area contributed by atoms with Crippen LogP contribution >= 0.6 is 0 Å². The van der Waals surface area contributed by atoms with E-state index >= 15 is 0 Å². The molecule has 1 aliphatic rings. The lowest BCUT2D eigenvalue weighted by molar-refractivity contribution is -0.135. The largest absolute Gasteiger partial charge is 0.481 e. The van der Waals surface area contributed by atoms with Gasteiger partial charge < -0.3 is 10.2 Å². The summed E-state index contributed by atoms with van der Waals surface area (Å²) < 4.78 is 0. The van der Waals surface area contributed by atoms with Crippen molar-refractivity contribution in [1.82, 2.24) is 0 Å². The molecule has 0 saturated heterocycles. The fraction of sp³-hybridized carbons (Fsp3) is 0.417. The molecule has 1 aliphatic carbocycles. The number of carbonyl (C=O) groups is 2. The van der Waals surface area contributed by atoms with Crippen molar-refractivity contribution < 1.29 is 19.8 Å². The van der Waals surface area contributed by atoms with Crippen LogP contribution in [0.2, 0.25) is 0 Å². The van der Waals surface area contributed by atoms with Crippen LogP contribution < -0.4 is 0 Å². The maximum atomic E-state index is 9.00. The maximum Gasteiger partial charge on any atom is 0.300 e. The minimum absolute atomic E-state index is 0.487. The third kappa shape index (κ3) is 10.5. The Morgan fingerprint density at radius 1 is 0.714 bits per heavy atom. The number of carboxylic acids is 2. The molecule has 2 aromatic rings. The third-order valence-electron chi connectivity index (χ3n) is 4.76. The monoisotopic (exact) mass is 384 g/mol. The molecule has 2 N–H and O–H groups in total. The average Bonchev–Trinajstić information content (AvgIpc) is 2.63. The summed E-state index contributed by atoms with van der Waals surface area (Å²) in [6.45, 7) is 2.17. The van der Waals surface area contributed by atoms with E-state index < -0.39 is 11.9 Å². The normalized spacial score (nSPS) is 14.5. The summed E-state index contributed by atoms with van der Waals surface area (Å²) in [5, 5.41) is 14.8. The highest BCUT2D eigenvalue weighted by Crippen LogP contribution is 2.42. The van der Waals surface area contributed by atoms with E-state index in [0.29, 0.717) is 5.41 Å². The van der Waals surface area contributed by atoms with Crippen molar-refractivity contribution >= 4 is 11.9 Å². The minimum Gasteiger partial charge on any atom is -0.481 e. The van der Waals surface area contributed by atoms with Crippen molar-refractivity contribution in [3.63, 3.8) is 0 Å². The maximum absolute atomic E-state index is 9.00. The van der Waals surface area contributed by atoms with Crippen LogP contribution in [0.1, 0.15) is 57.1 Å². The molecule has 0 heterocycles. The van der Waals surface area contributed by atoms with Gasteiger partial charge in [0.15, 0.2) is 0 Å². The van der Waals surface area contributed by atoms with Gasteiger partial charge in [-0.3, -0.25) is 9.59 Å². The first-order chi connectivity index (χ1) is 13.3. The van der Waals surface area contributed by atoms with Gasteiger partial charge in [-0.25, -0.2) is 0 Å². The number of carboxylic acid groups (broad SMARTS) is 2. The first kappa shape index (κ1) is 23.4. The summed E-state index contributed by atoms with van der Waals surface area (Å²) in [5.74, 6) is -1.67. The van der Waals surface area contributed by atoms with E-state index in [0.717, 1.165) is 13.8 Å². The topological polar surface area (TPSA) is 74.6 Å². The molecule has 152 valence electrons. The van der Waals surface area contributed by atoms with E-state index in [1.807, 2.05) is 0 Å². The van der Waals surface area contributed by atoms with Crippen molar-refractivity contribution in [3.05, 3.63) is 71.8 Å². The lowest BCUT2D eigenvalue weighted by Gasteiger charge is -2.38. The molecular weight excluding hydrogens is 352 g/mol. The van der Waals surface area contributed by atoms with Gasteiger partial charge in [-0.05, 0) is 42.2 Å². The molecule has 2 aromatic carbocycles. The summed E-state index contributed by atoms with van der Waals surface area (Å²) >= 11 is 0. The summed E-state index contributed by atoms with van der Waals surface area (Å²) in [6.07, 6.45) is 9.48. The van der Waals surface area contributed by atoms with E-state index in [-0.39, 0.29) is 0 Å². The van der Waals surface area contributed by atoms with E-state index in [2.05, 4.69) is 60.7 Å². The number of rotatable bonds is 4. The van der Waals surface area contributed by atoms with Crippen molar-refractivity contribution in [1.29, 1.82) is 0 Å². The molecule has 0 atom stereocenters. The fourth-order valence-electron chi connectivity index (χ4n) is 3.78. The first-order valence-electron chi connectivity index (χ1n) is 9.80. The second-order valence-corrected chi connectivity index (χ2v) is 7.42. The fourth-order valence-corrected chi connectivity index (χ4v) is 3.78. The Bertz CT molecular complexity index is 626. The van der Waals surface area contributed by atoms with Gasteiger partial charge in [-0.2, -0.15) is 0 Å². The molecule has 0 radical (unpaired) electrons. The van der Waals surface area contributed by atoms with E-state index in [4.69, 9.17) is 19.8 Å². The van der Waals surface area contributed by atoms with E-state index in [1.165, 1.54) is 56.1 Å². The highest BCUT2D eigenvalue weighted by molar-refractivity contribution is 5.63. The SMILES string of the molecule is CC(=O)O.CC(=O)O.c1ccc(CC2(Cc3ccccc3)CCCCC2)cc1. The lowest BCUT2D eigenvalue weighted by atomic mass is 9.67. The van der Waals surface area contributed by atoms with Crippen LogP contribution in [0.25, 0.3) is 0 Å². The van der Waals surface area contributed by atoms with Gasteiger partial charge in [0.1, 0.15) is 0 Å². The second-order valence-electron chi connectivity index (χ2n) is 7.42. The molecule has 0 bridgehead atoms. The Labute approximate surface area is 168 Å². The number of benzene rings is 2. The molecule has 0 unspecified atom stereocenters. The minimum atomic E-state index is -0.833. The van der Waals surface area contributed by atoms with Crippen LogP contribution in [0.5, 0.6) is 0 Å². The van der Waals surface area contributed by atoms with Gasteiger partial charge in [-0.15, -0.1) is 0 Å². The van der Waals surface area contributed by atoms with Gasteiger partial charge in [0.25, 0.3) is 11.9 Å². The van der Waals surface area contributed by atoms with Gasteiger partial charge in [-0.1, -0.05) is 79.9 Å². The average molecular weight is 385 g/mol. The Morgan fingerprint density at radius 2 is 1.04 bits per heavy atom. The molecule has 1 fully saturated rings. The summed E-state index contributed by atoms with van der Waals surface area (Å²) in [7, 11) is 0. The Balaban J connectivity index is 0.000000420. The lowest BCUT2D eigenvalue weighted by Crippen LogP contribution is -2.29. The molecule has 0 aromatic heterocycles. The van der Waals surface area contributed by atoms with Crippen LogP contribution in [0.4, 0.5) is 0 Å². The van der Waals surface area contributed by atoms with Gasteiger partial charge >= 0.3 is 0 Å². The number of hydrogen-bond donors (Lipinski definition) is 2. The predicted molar refractivity (Wildman–Crippen MR) is 112 cm³/mol. The Morgan fingerprint density at radius 3 is 1.36 bits per heavy atom. The standard InChI is InChI=1S/C20H24.2C2H4O2/c1-4-10-18(11-5-1)16-20(14-8-3-9-15-20)17-19-12-6-2-7-13-19;2*1-2(3)4/h1-2,4-7,10-13H,3,8-9,14-17H2;2*1H3,(H,3,4). The first-order valence-corrected chi connectivity index (χ1v) is 9.80. The van der Waals surface area contributed by atoms with Crippen LogP contribution in [0.15, 0.2) is 60.7 Å². The van der Waals surface area contributed by atoms with Gasteiger partial charge in [0.05, 0.1) is 0 Å². The molecule has 4 nitrogen and oxygen atoms in total. The Hall–Kier alpha value is -2.62. The zero-order valence-electron chi connectivity index (χ0n) is 16.9. The highest BCUT2D eigenvalue weighted by atomic mass is 16.4. The predicted octanol–water partition coefficient (Wildman–Crippen LogP) is 5.60. The third-order valence-corrected chi connectivity index (χ3v) is 4.76. The summed E-state index contributed by atoms with van der Waals surface area (Å²) in [5.41, 5.74) is 3.50. The summed E-state index contributed by atoms with van der Waals surface area (Å²) in [6, 6.07) is 22.1. The van der Waals surface area contributed by atoms with E-state index in [1.54, 1.807) is 0 Å². The summed E-state index contributed by atoms with van der Waals surface area (Å²) in [4.78, 5) is 18.0. The number of aliphatic carboxylic acids is 2. The van der Waals surface area contributed by atoms with Crippen molar-refractivity contribution in [2.45, 2.75) is 58.8 Å². The zero-order chi connectivity index (χ0) is 20.8. The van der Waals surface area contributed by atoms with Crippen molar-refractivity contribution in [2.75, 3.05) is 0 Å². The smallest absolute Gasteiger partial charge is 0.300 e. The second kappa shape index (κ2) is 12.7. The van der Waals surface area contributed by atoms with Crippen LogP contribution in [-0.2, 0) is 22.4 Å².